The zero-order valence-corrected chi connectivity index (χ0v) is 17.9. The van der Waals surface area contributed by atoms with Gasteiger partial charge in [0.05, 0.1) is 10.9 Å². The Morgan fingerprint density at radius 3 is 2.14 bits per heavy atom. The molecule has 0 aliphatic heterocycles. The van der Waals surface area contributed by atoms with E-state index in [0.29, 0.717) is 10.7 Å². The third kappa shape index (κ3) is 6.23. The lowest BCUT2D eigenvalue weighted by molar-refractivity contribution is -0.117. The number of amides is 2. The average Bonchev–Trinajstić information content (AvgIpc) is 2.63. The van der Waals surface area contributed by atoms with Gasteiger partial charge in [0.1, 0.15) is 0 Å². The molecule has 0 aliphatic rings. The van der Waals surface area contributed by atoms with Crippen molar-refractivity contribution in [3.8, 4) is 0 Å². The number of anilines is 1. The normalized spacial score (nSPS) is 12.3. The number of benzene rings is 2. The summed E-state index contributed by atoms with van der Waals surface area (Å²) in [6, 6.07) is 11.3. The first-order valence-corrected chi connectivity index (χ1v) is 10.8. The zero-order chi connectivity index (χ0) is 20.9. The summed E-state index contributed by atoms with van der Waals surface area (Å²) in [5.41, 5.74) is 0.490. The Labute approximate surface area is 173 Å². The van der Waals surface area contributed by atoms with Gasteiger partial charge in [-0.05, 0) is 67.2 Å². The van der Waals surface area contributed by atoms with Crippen molar-refractivity contribution in [1.29, 1.82) is 0 Å². The third-order valence-corrected chi connectivity index (χ3v) is 6.40. The summed E-state index contributed by atoms with van der Waals surface area (Å²) >= 11 is 6.83. The molecule has 0 bridgehead atoms. The van der Waals surface area contributed by atoms with Crippen molar-refractivity contribution in [3.05, 3.63) is 53.6 Å². The van der Waals surface area contributed by atoms with Gasteiger partial charge < -0.3 is 10.2 Å². The first-order chi connectivity index (χ1) is 13.1. The van der Waals surface area contributed by atoms with E-state index in [1.165, 1.54) is 36.1 Å². The highest BCUT2D eigenvalue weighted by Crippen LogP contribution is 2.22. The molecule has 0 saturated carbocycles. The van der Waals surface area contributed by atoms with Gasteiger partial charge in [-0.15, -0.1) is 0 Å². The summed E-state index contributed by atoms with van der Waals surface area (Å²) in [6.07, 6.45) is 0. The molecule has 2 N–H and O–H groups in total. The van der Waals surface area contributed by atoms with E-state index < -0.39 is 22.0 Å². The predicted octanol–water partition coefficient (Wildman–Crippen LogP) is 3.42. The van der Waals surface area contributed by atoms with Gasteiger partial charge in [0, 0.05) is 29.7 Å². The number of halogens is 1. The Morgan fingerprint density at radius 1 is 1.04 bits per heavy atom. The fraction of sp³-hybridized carbons (Fsp3) is 0.222. The lowest BCUT2D eigenvalue weighted by Gasteiger charge is -2.15. The first-order valence-electron chi connectivity index (χ1n) is 8.16. The molecule has 2 amide bonds. The van der Waals surface area contributed by atoms with Crippen molar-refractivity contribution in [3.63, 3.8) is 0 Å². The van der Waals surface area contributed by atoms with Gasteiger partial charge in [0.15, 0.2) is 0 Å². The van der Waals surface area contributed by atoms with Crippen molar-refractivity contribution >= 4 is 50.2 Å². The van der Waals surface area contributed by atoms with Gasteiger partial charge in [-0.3, -0.25) is 9.59 Å². The van der Waals surface area contributed by atoms with Gasteiger partial charge in [-0.2, -0.15) is 4.72 Å². The van der Waals surface area contributed by atoms with Crippen LogP contribution in [0, 0.1) is 0 Å². The fourth-order valence-corrected chi connectivity index (χ4v) is 4.00. The molecule has 2 aromatic carbocycles. The number of rotatable bonds is 6. The highest BCUT2D eigenvalue weighted by atomic mass is 35.5. The highest BCUT2D eigenvalue weighted by Gasteiger charge is 2.22. The standard InChI is InChI=1S/C18H20ClN3O4S2/c1-12(21-28(25,26)16-10-4-13(19)5-11-16)17(23)20-14-6-8-15(9-7-14)27-18(24)22(2)3/h4-12,21H,1-3H3,(H,20,23)/t12-/m0/s1. The Balaban J connectivity index is 1.98. The smallest absolute Gasteiger partial charge is 0.285 e. The van der Waals surface area contributed by atoms with Crippen molar-refractivity contribution in [2.24, 2.45) is 0 Å². The lowest BCUT2D eigenvalue weighted by atomic mass is 10.3. The van der Waals surface area contributed by atoms with E-state index in [0.717, 1.165) is 16.7 Å². The summed E-state index contributed by atoms with van der Waals surface area (Å²) in [4.78, 5) is 26.2. The second-order valence-corrected chi connectivity index (χ2v) is 9.25. The first kappa shape index (κ1) is 22.2. The molecule has 1 atom stereocenters. The van der Waals surface area contributed by atoms with Crippen LogP contribution in [0.5, 0.6) is 0 Å². The predicted molar refractivity (Wildman–Crippen MR) is 111 cm³/mol. The van der Waals surface area contributed by atoms with Gasteiger partial charge >= 0.3 is 0 Å². The molecule has 2 rings (SSSR count). The Morgan fingerprint density at radius 2 is 1.61 bits per heavy atom. The molecule has 0 radical (unpaired) electrons. The van der Waals surface area contributed by atoms with Crippen molar-refractivity contribution < 1.29 is 18.0 Å². The molecule has 7 nitrogen and oxygen atoms in total. The molecule has 0 aliphatic carbocycles. The summed E-state index contributed by atoms with van der Waals surface area (Å²) < 4.78 is 27.0. The van der Waals surface area contributed by atoms with Crippen LogP contribution in [0.3, 0.4) is 0 Å². The molecule has 0 fully saturated rings. The number of sulfonamides is 1. The molecular formula is C18H20ClN3O4S2. The second-order valence-electron chi connectivity index (χ2n) is 6.07. The molecule has 0 heterocycles. The highest BCUT2D eigenvalue weighted by molar-refractivity contribution is 8.13. The summed E-state index contributed by atoms with van der Waals surface area (Å²) in [5.74, 6) is -0.512. The van der Waals surface area contributed by atoms with Crippen LogP contribution in [-0.2, 0) is 14.8 Å². The SMILES string of the molecule is C[C@H](NS(=O)(=O)c1ccc(Cl)cc1)C(=O)Nc1ccc(SC(=O)N(C)C)cc1. The number of carbonyl (C=O) groups is 2. The van der Waals surface area contributed by atoms with E-state index in [9.17, 15) is 18.0 Å². The summed E-state index contributed by atoms with van der Waals surface area (Å²) in [7, 11) is -0.531. The Kier molecular flexibility index (Phi) is 7.48. The van der Waals surface area contributed by atoms with E-state index in [1.807, 2.05) is 0 Å². The van der Waals surface area contributed by atoms with E-state index in [1.54, 1.807) is 38.4 Å². The molecule has 0 aromatic heterocycles. The van der Waals surface area contributed by atoms with Crippen LogP contribution in [0.25, 0.3) is 0 Å². The minimum absolute atomic E-state index is 0.0171. The lowest BCUT2D eigenvalue weighted by Crippen LogP contribution is -2.41. The molecule has 28 heavy (non-hydrogen) atoms. The van der Waals surface area contributed by atoms with Gasteiger partial charge in [0.2, 0.25) is 15.9 Å². The van der Waals surface area contributed by atoms with Crippen LogP contribution >= 0.6 is 23.4 Å². The van der Waals surface area contributed by atoms with Crippen LogP contribution in [0.4, 0.5) is 10.5 Å². The minimum atomic E-state index is -3.86. The van der Waals surface area contributed by atoms with Crippen LogP contribution in [-0.4, -0.2) is 44.6 Å². The largest absolute Gasteiger partial charge is 0.339 e. The van der Waals surface area contributed by atoms with Crippen LogP contribution in [0.1, 0.15) is 6.92 Å². The monoisotopic (exact) mass is 441 g/mol. The molecule has 150 valence electrons. The van der Waals surface area contributed by atoms with Crippen LogP contribution < -0.4 is 10.0 Å². The van der Waals surface area contributed by atoms with E-state index in [2.05, 4.69) is 10.0 Å². The maximum Gasteiger partial charge on any atom is 0.285 e. The molecule has 0 unspecified atom stereocenters. The van der Waals surface area contributed by atoms with E-state index >= 15 is 0 Å². The quantitative estimate of drug-likeness (QED) is 0.669. The fourth-order valence-electron chi connectivity index (χ4n) is 2.02. The average molecular weight is 442 g/mol. The van der Waals surface area contributed by atoms with Crippen molar-refractivity contribution in [1.82, 2.24) is 9.62 Å². The van der Waals surface area contributed by atoms with E-state index in [4.69, 9.17) is 11.6 Å². The summed E-state index contributed by atoms with van der Waals surface area (Å²) in [5, 5.41) is 2.94. The topological polar surface area (TPSA) is 95.6 Å². The number of hydrogen-bond acceptors (Lipinski definition) is 5. The van der Waals surface area contributed by atoms with Crippen LogP contribution in [0.2, 0.25) is 5.02 Å². The molecule has 10 heteroatoms. The zero-order valence-electron chi connectivity index (χ0n) is 15.5. The Hall–Kier alpha value is -2.07. The molecule has 0 spiro atoms. The van der Waals surface area contributed by atoms with Crippen molar-refractivity contribution in [2.45, 2.75) is 22.8 Å². The summed E-state index contributed by atoms with van der Waals surface area (Å²) in [6.45, 7) is 1.45. The maximum atomic E-state index is 12.3. The van der Waals surface area contributed by atoms with Gasteiger partial charge in [-0.1, -0.05) is 11.6 Å². The number of nitrogens with zero attached hydrogens (tertiary/aromatic N) is 1. The molecule has 0 saturated heterocycles. The number of hydrogen-bond donors (Lipinski definition) is 2. The second kappa shape index (κ2) is 9.42. The Bertz CT molecular complexity index is 946. The van der Waals surface area contributed by atoms with Gasteiger partial charge in [-0.25, -0.2) is 8.42 Å². The maximum absolute atomic E-state index is 12.3. The number of nitrogens with one attached hydrogen (secondary N) is 2. The van der Waals surface area contributed by atoms with Crippen LogP contribution in [0.15, 0.2) is 58.3 Å². The third-order valence-electron chi connectivity index (χ3n) is 3.54. The van der Waals surface area contributed by atoms with Crippen molar-refractivity contribution in [2.75, 3.05) is 19.4 Å². The number of thioether (sulfide) groups is 1. The van der Waals surface area contributed by atoms with E-state index in [-0.39, 0.29) is 10.1 Å². The minimum Gasteiger partial charge on any atom is -0.339 e. The molecule has 2 aromatic rings. The van der Waals surface area contributed by atoms with Gasteiger partial charge in [0.25, 0.3) is 5.24 Å². The number of carbonyl (C=O) groups excluding carboxylic acids is 2. The molecular weight excluding hydrogens is 422 g/mol.